The van der Waals surface area contributed by atoms with Crippen molar-refractivity contribution < 1.29 is 14.7 Å². The number of nitrogens with zero attached hydrogens (tertiary/aromatic N) is 2. The maximum Gasteiger partial charge on any atom is 0.327 e. The van der Waals surface area contributed by atoms with E-state index in [1.807, 2.05) is 12.1 Å². The van der Waals surface area contributed by atoms with Crippen LogP contribution in [0.3, 0.4) is 0 Å². The van der Waals surface area contributed by atoms with Gasteiger partial charge in [-0.1, -0.05) is 18.2 Å². The topological polar surface area (TPSA) is 60.9 Å². The van der Waals surface area contributed by atoms with Crippen LogP contribution in [0.2, 0.25) is 0 Å². The summed E-state index contributed by atoms with van der Waals surface area (Å²) < 4.78 is 0. The summed E-state index contributed by atoms with van der Waals surface area (Å²) in [6, 6.07) is 6.18. The Morgan fingerprint density at radius 3 is 2.59 bits per heavy atom. The van der Waals surface area contributed by atoms with Crippen LogP contribution in [0, 0.1) is 0 Å². The molecule has 0 saturated carbocycles. The summed E-state index contributed by atoms with van der Waals surface area (Å²) in [6.45, 7) is 0. The van der Waals surface area contributed by atoms with Gasteiger partial charge in [0.1, 0.15) is 6.04 Å². The van der Waals surface area contributed by atoms with E-state index in [0.717, 1.165) is 5.56 Å². The largest absolute Gasteiger partial charge is 0.480 e. The van der Waals surface area contributed by atoms with Gasteiger partial charge in [0.2, 0.25) is 0 Å². The summed E-state index contributed by atoms with van der Waals surface area (Å²) in [5.74, 6) is -0.976. The second kappa shape index (κ2) is 4.08. The van der Waals surface area contributed by atoms with Gasteiger partial charge in [-0.05, 0) is 11.6 Å². The molecule has 1 N–H and O–H groups in total. The smallest absolute Gasteiger partial charge is 0.327 e. The molecular formula is C12H14N2O3. The highest BCUT2D eigenvalue weighted by molar-refractivity contribution is 6.00. The normalized spacial score (nSPS) is 17.8. The zero-order valence-corrected chi connectivity index (χ0v) is 9.75. The van der Waals surface area contributed by atoms with Crippen LogP contribution in [0.25, 0.3) is 0 Å². The molecule has 0 spiro atoms. The molecule has 1 aromatic rings. The lowest BCUT2D eigenvalue weighted by molar-refractivity contribution is -0.138. The van der Waals surface area contributed by atoms with E-state index in [1.54, 1.807) is 26.2 Å². The van der Waals surface area contributed by atoms with Gasteiger partial charge >= 0.3 is 12.0 Å². The average molecular weight is 234 g/mol. The minimum absolute atomic E-state index is 0.303. The van der Waals surface area contributed by atoms with E-state index >= 15 is 0 Å². The lowest BCUT2D eigenvalue weighted by Crippen LogP contribution is -2.47. The van der Waals surface area contributed by atoms with Gasteiger partial charge in [0.05, 0.1) is 0 Å². The van der Waals surface area contributed by atoms with E-state index in [4.69, 9.17) is 0 Å². The molecular weight excluding hydrogens is 220 g/mol. The molecule has 0 unspecified atom stereocenters. The average Bonchev–Trinajstić information content (AvgIpc) is 2.67. The van der Waals surface area contributed by atoms with Crippen molar-refractivity contribution in [3.05, 3.63) is 29.8 Å². The molecule has 90 valence electrons. The van der Waals surface area contributed by atoms with Crippen LogP contribution in [0.15, 0.2) is 24.3 Å². The molecule has 0 fully saturated rings. The van der Waals surface area contributed by atoms with E-state index in [9.17, 15) is 14.7 Å². The third kappa shape index (κ3) is 1.84. The number of aliphatic carboxylic acids is 1. The van der Waals surface area contributed by atoms with Crippen molar-refractivity contribution in [2.24, 2.45) is 0 Å². The number of anilines is 1. The van der Waals surface area contributed by atoms with E-state index < -0.39 is 12.0 Å². The van der Waals surface area contributed by atoms with Crippen LogP contribution < -0.4 is 4.90 Å². The molecule has 1 aliphatic rings. The van der Waals surface area contributed by atoms with Crippen molar-refractivity contribution in [2.75, 3.05) is 19.0 Å². The zero-order valence-electron chi connectivity index (χ0n) is 9.75. The molecule has 0 radical (unpaired) electrons. The van der Waals surface area contributed by atoms with Gasteiger partial charge in [-0.2, -0.15) is 0 Å². The molecule has 0 aliphatic carbocycles. The highest BCUT2D eigenvalue weighted by Crippen LogP contribution is 2.32. The fourth-order valence-corrected chi connectivity index (χ4v) is 2.04. The summed E-state index contributed by atoms with van der Waals surface area (Å²) in [4.78, 5) is 25.9. The van der Waals surface area contributed by atoms with E-state index in [-0.39, 0.29) is 6.03 Å². The Bertz CT molecular complexity index is 471. The summed E-state index contributed by atoms with van der Waals surface area (Å²) in [6.07, 6.45) is 0.366. The summed E-state index contributed by atoms with van der Waals surface area (Å²) in [5, 5.41) is 9.17. The van der Waals surface area contributed by atoms with Gasteiger partial charge in [-0.15, -0.1) is 0 Å². The van der Waals surface area contributed by atoms with Gasteiger partial charge in [0, 0.05) is 26.2 Å². The Morgan fingerprint density at radius 2 is 2.00 bits per heavy atom. The minimum Gasteiger partial charge on any atom is -0.480 e. The molecule has 1 heterocycles. The maximum absolute atomic E-state index is 12.0. The fourth-order valence-electron chi connectivity index (χ4n) is 2.04. The summed E-state index contributed by atoms with van der Waals surface area (Å²) in [5.41, 5.74) is 1.59. The molecule has 2 rings (SSSR count). The maximum atomic E-state index is 12.0. The molecule has 0 aromatic heterocycles. The first kappa shape index (κ1) is 11.4. The number of amides is 2. The number of para-hydroxylation sites is 1. The number of carbonyl (C=O) groups is 2. The molecule has 2 amide bonds. The molecule has 1 atom stereocenters. The Hall–Kier alpha value is -2.04. The number of hydrogen-bond acceptors (Lipinski definition) is 2. The van der Waals surface area contributed by atoms with Gasteiger partial charge in [-0.3, -0.25) is 4.90 Å². The number of rotatable bonds is 1. The van der Waals surface area contributed by atoms with Crippen LogP contribution in [0.4, 0.5) is 10.5 Å². The van der Waals surface area contributed by atoms with Crippen LogP contribution in [-0.2, 0) is 11.2 Å². The highest BCUT2D eigenvalue weighted by Gasteiger charge is 2.38. The van der Waals surface area contributed by atoms with Crippen LogP contribution in [0.5, 0.6) is 0 Å². The Labute approximate surface area is 99.3 Å². The molecule has 1 aromatic carbocycles. The standard InChI is InChI=1S/C12H14N2O3/c1-13(2)12(17)14-9-6-4-3-5-8(9)7-10(14)11(15)16/h3-6,10H,7H2,1-2H3,(H,15,16)/t10-/m0/s1. The number of fused-ring (bicyclic) bond motifs is 1. The Kier molecular flexibility index (Phi) is 2.75. The first-order valence-electron chi connectivity index (χ1n) is 5.33. The van der Waals surface area contributed by atoms with Crippen LogP contribution >= 0.6 is 0 Å². The summed E-state index contributed by atoms with van der Waals surface area (Å²) >= 11 is 0. The third-order valence-corrected chi connectivity index (χ3v) is 2.85. The lowest BCUT2D eigenvalue weighted by atomic mass is 10.1. The molecule has 0 saturated heterocycles. The molecule has 5 heteroatoms. The predicted molar refractivity (Wildman–Crippen MR) is 63.1 cm³/mol. The summed E-state index contributed by atoms with van der Waals surface area (Å²) in [7, 11) is 3.23. The first-order valence-corrected chi connectivity index (χ1v) is 5.33. The number of benzene rings is 1. The molecule has 17 heavy (non-hydrogen) atoms. The second-order valence-corrected chi connectivity index (χ2v) is 4.23. The fraction of sp³-hybridized carbons (Fsp3) is 0.333. The minimum atomic E-state index is -0.976. The van der Waals surface area contributed by atoms with Crippen molar-refractivity contribution >= 4 is 17.7 Å². The van der Waals surface area contributed by atoms with Gasteiger partial charge in [0.15, 0.2) is 0 Å². The van der Waals surface area contributed by atoms with Gasteiger partial charge in [-0.25, -0.2) is 9.59 Å². The molecule has 1 aliphatic heterocycles. The third-order valence-electron chi connectivity index (χ3n) is 2.85. The van der Waals surface area contributed by atoms with Crippen LogP contribution in [-0.4, -0.2) is 42.1 Å². The quantitative estimate of drug-likeness (QED) is 0.793. The number of carboxylic acids is 1. The highest BCUT2D eigenvalue weighted by atomic mass is 16.4. The van der Waals surface area contributed by atoms with Gasteiger partial charge in [0.25, 0.3) is 0 Å². The monoisotopic (exact) mass is 234 g/mol. The number of urea groups is 1. The van der Waals surface area contributed by atoms with Crippen LogP contribution in [0.1, 0.15) is 5.56 Å². The van der Waals surface area contributed by atoms with Crippen molar-refractivity contribution in [2.45, 2.75) is 12.5 Å². The number of carbonyl (C=O) groups excluding carboxylic acids is 1. The van der Waals surface area contributed by atoms with E-state index in [2.05, 4.69) is 0 Å². The van der Waals surface area contributed by atoms with E-state index in [0.29, 0.717) is 12.1 Å². The van der Waals surface area contributed by atoms with E-state index in [1.165, 1.54) is 9.80 Å². The SMILES string of the molecule is CN(C)C(=O)N1c2ccccc2C[C@H]1C(=O)O. The van der Waals surface area contributed by atoms with Gasteiger partial charge < -0.3 is 10.0 Å². The Balaban J connectivity index is 2.44. The number of hydrogen-bond donors (Lipinski definition) is 1. The molecule has 0 bridgehead atoms. The second-order valence-electron chi connectivity index (χ2n) is 4.23. The Morgan fingerprint density at radius 1 is 1.35 bits per heavy atom. The molecule has 5 nitrogen and oxygen atoms in total. The predicted octanol–water partition coefficient (Wildman–Crippen LogP) is 1.18. The van der Waals surface area contributed by atoms with Crippen molar-refractivity contribution in [1.82, 2.24) is 4.90 Å². The van der Waals surface area contributed by atoms with Crippen molar-refractivity contribution in [3.8, 4) is 0 Å². The van der Waals surface area contributed by atoms with Crippen molar-refractivity contribution in [1.29, 1.82) is 0 Å². The lowest BCUT2D eigenvalue weighted by Gasteiger charge is -2.25. The zero-order chi connectivity index (χ0) is 12.6. The van der Waals surface area contributed by atoms with Crippen molar-refractivity contribution in [3.63, 3.8) is 0 Å². The number of carboxylic acid groups (broad SMARTS) is 1. The first-order chi connectivity index (χ1) is 8.02.